The Balaban J connectivity index is 2.16. The minimum absolute atomic E-state index is 0.0461. The van der Waals surface area contributed by atoms with Crippen LogP contribution < -0.4 is 4.90 Å². The molecule has 1 atom stereocenters. The molecule has 1 fully saturated rings. The third-order valence-electron chi connectivity index (χ3n) is 3.96. The lowest BCUT2D eigenvalue weighted by atomic mass is 10.1. The maximum absolute atomic E-state index is 12.4. The number of benzene rings is 1. The first-order chi connectivity index (χ1) is 9.58. The summed E-state index contributed by atoms with van der Waals surface area (Å²) < 4.78 is 0. The third kappa shape index (κ3) is 2.69. The molecule has 0 aromatic heterocycles. The molecule has 20 heavy (non-hydrogen) atoms. The number of para-hydroxylation sites is 1. The largest absolute Gasteiger partial charge is 0.343 e. The predicted octanol–water partition coefficient (Wildman–Crippen LogP) is 2.22. The van der Waals surface area contributed by atoms with Crippen LogP contribution in [-0.4, -0.2) is 36.3 Å². The van der Waals surface area contributed by atoms with E-state index in [0.29, 0.717) is 26.1 Å². The molecule has 0 spiro atoms. The summed E-state index contributed by atoms with van der Waals surface area (Å²) in [5.41, 5.74) is 1.99. The van der Waals surface area contributed by atoms with E-state index in [9.17, 15) is 9.59 Å². The van der Waals surface area contributed by atoms with Gasteiger partial charge in [0, 0.05) is 31.7 Å². The van der Waals surface area contributed by atoms with Gasteiger partial charge in [-0.2, -0.15) is 0 Å². The molecule has 0 N–H and O–H groups in total. The zero-order chi connectivity index (χ0) is 14.7. The number of hydrogen-bond acceptors (Lipinski definition) is 2. The molecule has 0 saturated carbocycles. The lowest BCUT2D eigenvalue weighted by Gasteiger charge is -2.23. The fourth-order valence-corrected chi connectivity index (χ4v) is 2.77. The van der Waals surface area contributed by atoms with E-state index in [-0.39, 0.29) is 17.7 Å². The topological polar surface area (TPSA) is 40.6 Å². The molecule has 1 saturated heterocycles. The van der Waals surface area contributed by atoms with Gasteiger partial charge in [0.2, 0.25) is 11.8 Å². The normalized spacial score (nSPS) is 18.4. The van der Waals surface area contributed by atoms with E-state index in [2.05, 4.69) is 0 Å². The van der Waals surface area contributed by atoms with Gasteiger partial charge >= 0.3 is 0 Å². The monoisotopic (exact) mass is 274 g/mol. The lowest BCUT2D eigenvalue weighted by molar-refractivity contribution is -0.135. The van der Waals surface area contributed by atoms with Crippen LogP contribution in [-0.2, 0) is 9.59 Å². The molecule has 2 rings (SSSR count). The summed E-state index contributed by atoms with van der Waals surface area (Å²) in [6.45, 7) is 7.82. The second-order valence-electron chi connectivity index (χ2n) is 5.20. The number of nitrogens with zero attached hydrogens (tertiary/aromatic N) is 2. The van der Waals surface area contributed by atoms with Crippen LogP contribution in [0.1, 0.15) is 25.8 Å². The van der Waals surface area contributed by atoms with Gasteiger partial charge in [-0.3, -0.25) is 9.59 Å². The Morgan fingerprint density at radius 1 is 1.30 bits per heavy atom. The van der Waals surface area contributed by atoms with Gasteiger partial charge in [0.1, 0.15) is 0 Å². The molecule has 1 aliphatic heterocycles. The molecule has 1 heterocycles. The van der Waals surface area contributed by atoms with Gasteiger partial charge in [-0.1, -0.05) is 18.2 Å². The molecule has 1 aromatic carbocycles. The molecular formula is C16H22N2O2. The average Bonchev–Trinajstić information content (AvgIpc) is 2.82. The highest BCUT2D eigenvalue weighted by Gasteiger charge is 2.36. The Labute approximate surface area is 120 Å². The fourth-order valence-electron chi connectivity index (χ4n) is 2.77. The minimum atomic E-state index is -0.206. The van der Waals surface area contributed by atoms with Crippen LogP contribution in [0.3, 0.4) is 0 Å². The second-order valence-corrected chi connectivity index (χ2v) is 5.20. The molecule has 108 valence electrons. The summed E-state index contributed by atoms with van der Waals surface area (Å²) in [4.78, 5) is 28.1. The van der Waals surface area contributed by atoms with Crippen molar-refractivity contribution >= 4 is 17.5 Å². The molecule has 0 bridgehead atoms. The van der Waals surface area contributed by atoms with Crippen molar-refractivity contribution in [3.05, 3.63) is 29.8 Å². The van der Waals surface area contributed by atoms with Crippen molar-refractivity contribution in [3.63, 3.8) is 0 Å². The van der Waals surface area contributed by atoms with Crippen LogP contribution in [0, 0.1) is 12.8 Å². The predicted molar refractivity (Wildman–Crippen MR) is 79.6 cm³/mol. The van der Waals surface area contributed by atoms with E-state index in [4.69, 9.17) is 0 Å². The van der Waals surface area contributed by atoms with Gasteiger partial charge in [0.15, 0.2) is 0 Å². The zero-order valence-corrected chi connectivity index (χ0v) is 12.4. The summed E-state index contributed by atoms with van der Waals surface area (Å²) >= 11 is 0. The second kappa shape index (κ2) is 6.07. The van der Waals surface area contributed by atoms with E-state index in [0.717, 1.165) is 11.3 Å². The zero-order valence-electron chi connectivity index (χ0n) is 12.4. The van der Waals surface area contributed by atoms with E-state index in [1.165, 1.54) is 0 Å². The van der Waals surface area contributed by atoms with Gasteiger partial charge in [0.05, 0.1) is 5.92 Å². The van der Waals surface area contributed by atoms with Gasteiger partial charge in [0.25, 0.3) is 0 Å². The van der Waals surface area contributed by atoms with Crippen molar-refractivity contribution in [2.75, 3.05) is 24.5 Å². The van der Waals surface area contributed by atoms with Crippen LogP contribution in [0.2, 0.25) is 0 Å². The fraction of sp³-hybridized carbons (Fsp3) is 0.500. The first-order valence-corrected chi connectivity index (χ1v) is 7.23. The van der Waals surface area contributed by atoms with Crippen molar-refractivity contribution in [1.82, 2.24) is 4.90 Å². The molecule has 1 aromatic rings. The molecule has 4 nitrogen and oxygen atoms in total. The maximum Gasteiger partial charge on any atom is 0.227 e. The number of hydrogen-bond donors (Lipinski definition) is 0. The summed E-state index contributed by atoms with van der Waals surface area (Å²) in [5, 5.41) is 0. The number of aryl methyl sites for hydroxylation is 1. The van der Waals surface area contributed by atoms with Gasteiger partial charge in [-0.05, 0) is 32.4 Å². The van der Waals surface area contributed by atoms with E-state index < -0.39 is 0 Å². The number of rotatable bonds is 4. The average molecular weight is 274 g/mol. The van der Waals surface area contributed by atoms with Crippen molar-refractivity contribution in [1.29, 1.82) is 0 Å². The summed E-state index contributed by atoms with van der Waals surface area (Å²) in [6.07, 6.45) is 0.323. The first kappa shape index (κ1) is 14.6. The van der Waals surface area contributed by atoms with E-state index >= 15 is 0 Å². The van der Waals surface area contributed by atoms with Gasteiger partial charge < -0.3 is 9.80 Å². The Bertz CT molecular complexity index is 509. The van der Waals surface area contributed by atoms with Crippen molar-refractivity contribution in [2.45, 2.75) is 27.2 Å². The number of anilines is 1. The summed E-state index contributed by atoms with van der Waals surface area (Å²) in [7, 11) is 0. The van der Waals surface area contributed by atoms with Crippen LogP contribution in [0.25, 0.3) is 0 Å². The highest BCUT2D eigenvalue weighted by atomic mass is 16.2. The van der Waals surface area contributed by atoms with Crippen LogP contribution in [0.5, 0.6) is 0 Å². The van der Waals surface area contributed by atoms with Gasteiger partial charge in [-0.25, -0.2) is 0 Å². The van der Waals surface area contributed by atoms with Gasteiger partial charge in [-0.15, -0.1) is 0 Å². The van der Waals surface area contributed by atoms with Crippen molar-refractivity contribution in [3.8, 4) is 0 Å². The smallest absolute Gasteiger partial charge is 0.227 e. The SMILES string of the molecule is CCN(CC)C(=O)[C@@H]1CC(=O)N(c2ccccc2C)C1. The van der Waals surface area contributed by atoms with E-state index in [1.54, 1.807) is 9.80 Å². The summed E-state index contributed by atoms with van der Waals surface area (Å²) in [6, 6.07) is 7.81. The standard InChI is InChI=1S/C16H22N2O2/c1-4-17(5-2)16(20)13-10-15(19)18(11-13)14-9-7-6-8-12(14)3/h6-9,13H,4-5,10-11H2,1-3H3/t13-/m1/s1. The Kier molecular flexibility index (Phi) is 4.42. The number of carbonyl (C=O) groups excluding carboxylic acids is 2. The summed E-state index contributed by atoms with van der Waals surface area (Å²) in [5.74, 6) is -0.0637. The molecule has 2 amide bonds. The quantitative estimate of drug-likeness (QED) is 0.844. The van der Waals surface area contributed by atoms with Crippen molar-refractivity contribution < 1.29 is 9.59 Å². The van der Waals surface area contributed by atoms with Crippen LogP contribution in [0.15, 0.2) is 24.3 Å². The van der Waals surface area contributed by atoms with Crippen LogP contribution in [0.4, 0.5) is 5.69 Å². The maximum atomic E-state index is 12.4. The lowest BCUT2D eigenvalue weighted by Crippen LogP contribution is -2.37. The Morgan fingerprint density at radius 3 is 2.55 bits per heavy atom. The Hall–Kier alpha value is -1.84. The molecule has 1 aliphatic rings. The highest BCUT2D eigenvalue weighted by molar-refractivity contribution is 6.00. The van der Waals surface area contributed by atoms with Crippen LogP contribution >= 0.6 is 0 Å². The highest BCUT2D eigenvalue weighted by Crippen LogP contribution is 2.28. The van der Waals surface area contributed by atoms with Crippen molar-refractivity contribution in [2.24, 2.45) is 5.92 Å². The van der Waals surface area contributed by atoms with E-state index in [1.807, 2.05) is 45.0 Å². The molecular weight excluding hydrogens is 252 g/mol. The number of carbonyl (C=O) groups is 2. The molecule has 0 aliphatic carbocycles. The Morgan fingerprint density at radius 2 is 1.95 bits per heavy atom. The molecule has 4 heteroatoms. The minimum Gasteiger partial charge on any atom is -0.343 e. The first-order valence-electron chi connectivity index (χ1n) is 7.23. The molecule has 0 radical (unpaired) electrons. The third-order valence-corrected chi connectivity index (χ3v) is 3.96. The number of amides is 2. The molecule has 0 unspecified atom stereocenters.